The number of likely N-dealkylation sites (tertiary alicyclic amines) is 1. The summed E-state index contributed by atoms with van der Waals surface area (Å²) >= 11 is 0. The van der Waals surface area contributed by atoms with Crippen molar-refractivity contribution in [1.29, 1.82) is 0 Å². The molecule has 1 fully saturated rings. The Kier molecular flexibility index (Phi) is 6.06. The molecule has 1 aromatic carbocycles. The number of piperidine rings is 1. The third kappa shape index (κ3) is 4.67. The molecule has 0 atom stereocenters. The average Bonchev–Trinajstić information content (AvgIpc) is 3.39. The number of benzene rings is 1. The molecule has 1 aliphatic rings. The zero-order chi connectivity index (χ0) is 20.9. The van der Waals surface area contributed by atoms with Crippen LogP contribution in [-0.2, 0) is 13.6 Å². The molecule has 0 aliphatic carbocycles. The Hall–Kier alpha value is -3.23. The molecule has 3 heterocycles. The van der Waals surface area contributed by atoms with E-state index in [4.69, 9.17) is 16.5 Å². The van der Waals surface area contributed by atoms with Crippen LogP contribution in [0, 0.1) is 0 Å². The summed E-state index contributed by atoms with van der Waals surface area (Å²) in [4.78, 5) is 14.8. The van der Waals surface area contributed by atoms with Crippen molar-refractivity contribution in [3.8, 4) is 11.3 Å². The summed E-state index contributed by atoms with van der Waals surface area (Å²) in [6, 6.07) is 12.3. The summed E-state index contributed by atoms with van der Waals surface area (Å²) in [5, 5.41) is 4.47. The van der Waals surface area contributed by atoms with Gasteiger partial charge in [-0.3, -0.25) is 9.58 Å². The summed E-state index contributed by atoms with van der Waals surface area (Å²) in [6.45, 7) is 2.84. The monoisotopic (exact) mass is 404 g/mol. The lowest BCUT2D eigenvalue weighted by Crippen LogP contribution is -2.39. The summed E-state index contributed by atoms with van der Waals surface area (Å²) in [7, 11) is 1.91. The van der Waals surface area contributed by atoms with E-state index in [0.29, 0.717) is 11.9 Å². The second-order valence-electron chi connectivity index (χ2n) is 7.63. The molecule has 0 saturated carbocycles. The second kappa shape index (κ2) is 9.06. The van der Waals surface area contributed by atoms with Crippen LogP contribution in [0.1, 0.15) is 24.1 Å². The Balaban J connectivity index is 1.61. The summed E-state index contributed by atoms with van der Waals surface area (Å²) in [5.74, 6) is 0.560. The van der Waals surface area contributed by atoms with Crippen molar-refractivity contribution in [1.82, 2.24) is 19.7 Å². The predicted octanol–water partition coefficient (Wildman–Crippen LogP) is 2.40. The van der Waals surface area contributed by atoms with Gasteiger partial charge in [-0.25, -0.2) is 9.98 Å². The molecule has 156 valence electrons. The predicted molar refractivity (Wildman–Crippen MR) is 121 cm³/mol. The smallest absolute Gasteiger partial charge is 0.178 e. The molecule has 8 heteroatoms. The number of amidine groups is 1. The zero-order valence-electron chi connectivity index (χ0n) is 17.2. The molecule has 0 amide bonds. The normalized spacial score (nSPS) is 16.5. The highest BCUT2D eigenvalue weighted by Crippen LogP contribution is 2.24. The van der Waals surface area contributed by atoms with Gasteiger partial charge in [0.1, 0.15) is 0 Å². The number of nitrogens with one attached hydrogen (secondary N) is 1. The fourth-order valence-corrected chi connectivity index (χ4v) is 3.74. The van der Waals surface area contributed by atoms with Gasteiger partial charge in [-0.2, -0.15) is 5.10 Å². The van der Waals surface area contributed by atoms with E-state index in [0.717, 1.165) is 60.7 Å². The van der Waals surface area contributed by atoms with E-state index < -0.39 is 0 Å². The van der Waals surface area contributed by atoms with Crippen LogP contribution in [0.3, 0.4) is 0 Å². The first-order valence-corrected chi connectivity index (χ1v) is 10.2. The molecule has 0 spiro atoms. The summed E-state index contributed by atoms with van der Waals surface area (Å²) in [6.07, 6.45) is 7.19. The molecule has 1 saturated heterocycles. The van der Waals surface area contributed by atoms with Crippen LogP contribution >= 0.6 is 0 Å². The van der Waals surface area contributed by atoms with Gasteiger partial charge in [-0.05, 0) is 55.8 Å². The molecule has 3 aromatic rings. The van der Waals surface area contributed by atoms with Crippen LogP contribution in [0.15, 0.2) is 58.8 Å². The Morgan fingerprint density at radius 3 is 2.83 bits per heavy atom. The maximum atomic E-state index is 6.04. The number of aromatic nitrogens is 3. The number of aliphatic imine (C=N–C) groups is 2. The molecule has 8 nitrogen and oxygen atoms in total. The minimum atomic E-state index is 0.317. The molecular formula is C22H28N8. The highest BCUT2D eigenvalue weighted by Gasteiger charge is 2.19. The number of nitrogens with two attached hydrogens (primary N) is 2. The van der Waals surface area contributed by atoms with Gasteiger partial charge in [0.05, 0.1) is 23.4 Å². The summed E-state index contributed by atoms with van der Waals surface area (Å²) in [5.41, 5.74) is 16.4. The standard InChI is InChI=1S/C22H28N8/c1-29-10-8-20(28-29)16-3-2-4-19(13-16)27-22(26-15-23)21-17(5-9-25-21)14-30-11-6-18(24)7-12-30/h2-5,8-10,13,15,18,25H,6-7,11-12,14,24H2,1H3,(H2,23,26,27). The Labute approximate surface area is 176 Å². The first-order valence-electron chi connectivity index (χ1n) is 10.2. The van der Waals surface area contributed by atoms with Crippen LogP contribution in [0.2, 0.25) is 0 Å². The second-order valence-corrected chi connectivity index (χ2v) is 7.63. The largest absolute Gasteiger partial charge is 0.390 e. The van der Waals surface area contributed by atoms with Crippen LogP contribution in [0.25, 0.3) is 11.3 Å². The molecule has 0 bridgehead atoms. The number of aryl methyl sites for hydroxylation is 1. The average molecular weight is 405 g/mol. The van der Waals surface area contributed by atoms with E-state index in [1.807, 2.05) is 49.8 Å². The van der Waals surface area contributed by atoms with E-state index in [9.17, 15) is 0 Å². The van der Waals surface area contributed by atoms with Crippen molar-refractivity contribution < 1.29 is 0 Å². The quantitative estimate of drug-likeness (QED) is 0.447. The van der Waals surface area contributed by atoms with Crippen molar-refractivity contribution in [3.05, 3.63) is 60.0 Å². The molecule has 2 aromatic heterocycles. The highest BCUT2D eigenvalue weighted by atomic mass is 15.2. The number of nitrogens with zero attached hydrogens (tertiary/aromatic N) is 5. The first kappa shape index (κ1) is 20.1. The van der Waals surface area contributed by atoms with E-state index in [-0.39, 0.29) is 0 Å². The minimum absolute atomic E-state index is 0.317. The highest BCUT2D eigenvalue weighted by molar-refractivity contribution is 6.03. The van der Waals surface area contributed by atoms with Gasteiger partial charge in [0.25, 0.3) is 0 Å². The lowest BCUT2D eigenvalue weighted by atomic mass is 10.1. The summed E-state index contributed by atoms with van der Waals surface area (Å²) < 4.78 is 1.79. The molecule has 0 radical (unpaired) electrons. The minimum Gasteiger partial charge on any atom is -0.390 e. The van der Waals surface area contributed by atoms with Crippen molar-refractivity contribution in [2.45, 2.75) is 25.4 Å². The fourth-order valence-electron chi connectivity index (χ4n) is 3.74. The van der Waals surface area contributed by atoms with Crippen LogP contribution in [0.4, 0.5) is 5.69 Å². The third-order valence-electron chi connectivity index (χ3n) is 5.37. The van der Waals surface area contributed by atoms with E-state index in [1.165, 1.54) is 6.34 Å². The number of aromatic amines is 1. The number of rotatable bonds is 5. The van der Waals surface area contributed by atoms with Gasteiger partial charge >= 0.3 is 0 Å². The van der Waals surface area contributed by atoms with Crippen LogP contribution in [0.5, 0.6) is 0 Å². The van der Waals surface area contributed by atoms with Crippen molar-refractivity contribution in [2.75, 3.05) is 13.1 Å². The molecular weight excluding hydrogens is 376 g/mol. The Morgan fingerprint density at radius 2 is 2.10 bits per heavy atom. The molecule has 0 unspecified atom stereocenters. The number of hydrogen-bond donors (Lipinski definition) is 3. The Bertz CT molecular complexity index is 1040. The number of hydrogen-bond acceptors (Lipinski definition) is 4. The van der Waals surface area contributed by atoms with E-state index in [1.54, 1.807) is 4.68 Å². The van der Waals surface area contributed by atoms with Gasteiger partial charge in [-0.15, -0.1) is 0 Å². The van der Waals surface area contributed by atoms with E-state index >= 15 is 0 Å². The zero-order valence-corrected chi connectivity index (χ0v) is 17.2. The van der Waals surface area contributed by atoms with Crippen LogP contribution < -0.4 is 11.5 Å². The Morgan fingerprint density at radius 1 is 1.27 bits per heavy atom. The third-order valence-corrected chi connectivity index (χ3v) is 5.37. The van der Waals surface area contributed by atoms with Gasteiger partial charge in [0.15, 0.2) is 5.84 Å². The SMILES string of the molecule is Cn1ccc(-c2cccc(N=C(N=CN)c3[nH]ccc3CN3CCC(N)CC3)c2)n1. The number of H-pyrrole nitrogens is 1. The molecule has 5 N–H and O–H groups in total. The van der Waals surface area contributed by atoms with Crippen molar-refractivity contribution in [3.63, 3.8) is 0 Å². The first-order chi connectivity index (χ1) is 14.6. The lowest BCUT2D eigenvalue weighted by molar-refractivity contribution is 0.205. The van der Waals surface area contributed by atoms with Gasteiger partial charge in [-0.1, -0.05) is 12.1 Å². The molecule has 30 heavy (non-hydrogen) atoms. The molecule has 1 aliphatic heterocycles. The lowest BCUT2D eigenvalue weighted by Gasteiger charge is -2.30. The van der Waals surface area contributed by atoms with Crippen molar-refractivity contribution in [2.24, 2.45) is 28.5 Å². The van der Waals surface area contributed by atoms with Gasteiger partial charge < -0.3 is 16.5 Å². The van der Waals surface area contributed by atoms with Gasteiger partial charge in [0.2, 0.25) is 0 Å². The fraction of sp³-hybridized carbons (Fsp3) is 0.318. The topological polar surface area (TPSA) is 114 Å². The maximum Gasteiger partial charge on any atom is 0.178 e. The van der Waals surface area contributed by atoms with E-state index in [2.05, 4.69) is 26.0 Å². The van der Waals surface area contributed by atoms with Crippen molar-refractivity contribution >= 4 is 17.9 Å². The van der Waals surface area contributed by atoms with Crippen LogP contribution in [-0.4, -0.2) is 51.0 Å². The molecule has 4 rings (SSSR count). The maximum absolute atomic E-state index is 6.04. The van der Waals surface area contributed by atoms with Gasteiger partial charge in [0, 0.05) is 37.6 Å².